The first-order valence-corrected chi connectivity index (χ1v) is 9.67. The van der Waals surface area contributed by atoms with Gasteiger partial charge in [-0.25, -0.2) is 0 Å². The average Bonchev–Trinajstić information content (AvgIpc) is 2.68. The number of halogens is 1. The van der Waals surface area contributed by atoms with Crippen LogP contribution in [-0.4, -0.2) is 38.1 Å². The summed E-state index contributed by atoms with van der Waals surface area (Å²) in [5, 5.41) is 12.9. The lowest BCUT2D eigenvalue weighted by atomic mass is 10.1. The summed E-state index contributed by atoms with van der Waals surface area (Å²) in [7, 11) is 0. The molecule has 0 saturated carbocycles. The summed E-state index contributed by atoms with van der Waals surface area (Å²) >= 11 is 6.07. The van der Waals surface area contributed by atoms with E-state index in [2.05, 4.69) is 17.5 Å². The molecule has 0 bridgehead atoms. The molecule has 0 radical (unpaired) electrons. The number of quaternary nitrogens is 2. The standard InChI is InChI=1S/C21H23ClN4O/c1-16(21(27)24-20-8-3-2-6-18(20)14-23)26-11-9-25(10-12-26)15-17-5-4-7-19(22)13-17/h2-8,13,16H,9-12,15H2,1H3,(H,24,27)/p+2/t16-/m1/s1. The Bertz CT molecular complexity index is 840. The van der Waals surface area contributed by atoms with Crippen LogP contribution in [0.15, 0.2) is 48.5 Å². The van der Waals surface area contributed by atoms with Gasteiger partial charge in [-0.05, 0) is 31.2 Å². The van der Waals surface area contributed by atoms with Crippen molar-refractivity contribution in [3.05, 3.63) is 64.7 Å². The fourth-order valence-corrected chi connectivity index (χ4v) is 3.80. The number of anilines is 1. The van der Waals surface area contributed by atoms with E-state index in [1.807, 2.05) is 31.2 Å². The highest BCUT2D eigenvalue weighted by molar-refractivity contribution is 6.30. The van der Waals surface area contributed by atoms with Crippen molar-refractivity contribution >= 4 is 23.2 Å². The van der Waals surface area contributed by atoms with E-state index in [0.717, 1.165) is 37.7 Å². The zero-order valence-corrected chi connectivity index (χ0v) is 16.2. The van der Waals surface area contributed by atoms with Gasteiger partial charge < -0.3 is 15.1 Å². The lowest BCUT2D eigenvalue weighted by Gasteiger charge is -2.32. The molecule has 0 aliphatic carbocycles. The number of hydrogen-bond donors (Lipinski definition) is 3. The Morgan fingerprint density at radius 3 is 2.63 bits per heavy atom. The molecule has 3 N–H and O–H groups in total. The van der Waals surface area contributed by atoms with Crippen LogP contribution in [0.4, 0.5) is 5.69 Å². The van der Waals surface area contributed by atoms with Crippen LogP contribution < -0.4 is 15.1 Å². The molecule has 27 heavy (non-hydrogen) atoms. The van der Waals surface area contributed by atoms with Gasteiger partial charge in [-0.15, -0.1) is 0 Å². The number of benzene rings is 2. The molecule has 1 amide bonds. The van der Waals surface area contributed by atoms with Crippen molar-refractivity contribution in [3.63, 3.8) is 0 Å². The predicted molar refractivity (Wildman–Crippen MR) is 106 cm³/mol. The molecule has 2 aromatic carbocycles. The Balaban J connectivity index is 1.52. The molecule has 1 fully saturated rings. The molecule has 0 unspecified atom stereocenters. The van der Waals surface area contributed by atoms with E-state index in [1.165, 1.54) is 15.4 Å². The SMILES string of the molecule is C[C@H](C(=O)Nc1ccccc1C#N)[NH+]1CC[NH+](Cc2cccc(Cl)c2)CC1. The van der Waals surface area contributed by atoms with E-state index in [-0.39, 0.29) is 11.9 Å². The van der Waals surface area contributed by atoms with Crippen molar-refractivity contribution in [1.29, 1.82) is 5.26 Å². The first-order valence-electron chi connectivity index (χ1n) is 9.29. The molecule has 1 aliphatic heterocycles. The first kappa shape index (κ1) is 19.4. The van der Waals surface area contributed by atoms with Crippen LogP contribution in [0, 0.1) is 11.3 Å². The fourth-order valence-electron chi connectivity index (χ4n) is 3.59. The molecule has 1 heterocycles. The summed E-state index contributed by atoms with van der Waals surface area (Å²) in [6, 6.07) is 17.1. The van der Waals surface area contributed by atoms with Gasteiger partial charge in [0, 0.05) is 10.6 Å². The van der Waals surface area contributed by atoms with Crippen LogP contribution in [0.3, 0.4) is 0 Å². The lowest BCUT2D eigenvalue weighted by molar-refractivity contribution is -1.02. The predicted octanol–water partition coefficient (Wildman–Crippen LogP) is 0.522. The molecule has 0 spiro atoms. The third-order valence-electron chi connectivity index (χ3n) is 5.25. The monoisotopic (exact) mass is 384 g/mol. The van der Waals surface area contributed by atoms with Gasteiger partial charge in [-0.2, -0.15) is 5.26 Å². The Morgan fingerprint density at radius 2 is 1.93 bits per heavy atom. The Kier molecular flexibility index (Phi) is 6.46. The van der Waals surface area contributed by atoms with E-state index in [0.29, 0.717) is 11.3 Å². The summed E-state index contributed by atoms with van der Waals surface area (Å²) in [6.45, 7) is 6.86. The number of piperazine rings is 1. The Hall–Kier alpha value is -2.39. The largest absolute Gasteiger partial charge is 0.322 e. The average molecular weight is 385 g/mol. The highest BCUT2D eigenvalue weighted by Crippen LogP contribution is 2.13. The number of para-hydroxylation sites is 1. The van der Waals surface area contributed by atoms with Crippen molar-refractivity contribution in [1.82, 2.24) is 0 Å². The van der Waals surface area contributed by atoms with Gasteiger partial charge in [0.15, 0.2) is 6.04 Å². The second-order valence-electron chi connectivity index (χ2n) is 7.08. The van der Waals surface area contributed by atoms with Gasteiger partial charge in [0.2, 0.25) is 0 Å². The Labute approximate surface area is 165 Å². The van der Waals surface area contributed by atoms with E-state index in [4.69, 9.17) is 16.9 Å². The third-order valence-corrected chi connectivity index (χ3v) is 5.49. The number of carbonyl (C=O) groups is 1. The molecule has 1 atom stereocenters. The molecule has 5 nitrogen and oxygen atoms in total. The van der Waals surface area contributed by atoms with Gasteiger partial charge in [0.1, 0.15) is 38.8 Å². The topological polar surface area (TPSA) is 61.8 Å². The molecular formula is C21H25ClN4O+2. The van der Waals surface area contributed by atoms with E-state index in [9.17, 15) is 4.79 Å². The molecule has 2 aromatic rings. The molecule has 1 aliphatic rings. The van der Waals surface area contributed by atoms with Crippen molar-refractivity contribution in [2.75, 3.05) is 31.5 Å². The van der Waals surface area contributed by atoms with Crippen LogP contribution in [0.1, 0.15) is 18.1 Å². The highest BCUT2D eigenvalue weighted by atomic mass is 35.5. The maximum Gasteiger partial charge on any atom is 0.282 e. The number of nitrogens with zero attached hydrogens (tertiary/aromatic N) is 1. The van der Waals surface area contributed by atoms with Crippen LogP contribution in [-0.2, 0) is 11.3 Å². The molecule has 1 saturated heterocycles. The Morgan fingerprint density at radius 1 is 1.19 bits per heavy atom. The van der Waals surface area contributed by atoms with E-state index < -0.39 is 0 Å². The number of hydrogen-bond acceptors (Lipinski definition) is 2. The fraction of sp³-hybridized carbons (Fsp3) is 0.333. The minimum atomic E-state index is -0.149. The van der Waals surface area contributed by atoms with Crippen molar-refractivity contribution in [2.45, 2.75) is 19.5 Å². The lowest BCUT2D eigenvalue weighted by Crippen LogP contribution is -3.29. The number of rotatable bonds is 5. The summed E-state index contributed by atoms with van der Waals surface area (Å²) in [6.07, 6.45) is 0. The van der Waals surface area contributed by atoms with Crippen LogP contribution in [0.5, 0.6) is 0 Å². The van der Waals surface area contributed by atoms with Crippen LogP contribution >= 0.6 is 11.6 Å². The van der Waals surface area contributed by atoms with E-state index >= 15 is 0 Å². The van der Waals surface area contributed by atoms with Crippen molar-refractivity contribution < 1.29 is 14.6 Å². The van der Waals surface area contributed by atoms with Crippen molar-refractivity contribution in [2.24, 2.45) is 0 Å². The van der Waals surface area contributed by atoms with Crippen molar-refractivity contribution in [3.8, 4) is 6.07 Å². The minimum Gasteiger partial charge on any atom is -0.322 e. The minimum absolute atomic E-state index is 0.0361. The van der Waals surface area contributed by atoms with Gasteiger partial charge in [-0.3, -0.25) is 4.79 Å². The quantitative estimate of drug-likeness (QED) is 0.704. The highest BCUT2D eigenvalue weighted by Gasteiger charge is 2.31. The number of amides is 1. The van der Waals surface area contributed by atoms with Crippen LogP contribution in [0.25, 0.3) is 0 Å². The second-order valence-corrected chi connectivity index (χ2v) is 7.52. The number of nitrogens with one attached hydrogen (secondary N) is 3. The summed E-state index contributed by atoms with van der Waals surface area (Å²) in [5.41, 5.74) is 2.32. The summed E-state index contributed by atoms with van der Waals surface area (Å²) < 4.78 is 0. The smallest absolute Gasteiger partial charge is 0.282 e. The summed E-state index contributed by atoms with van der Waals surface area (Å²) in [4.78, 5) is 15.4. The first-order chi connectivity index (χ1) is 13.1. The zero-order valence-electron chi connectivity index (χ0n) is 15.5. The maximum atomic E-state index is 12.6. The molecule has 6 heteroatoms. The normalized spacial score (nSPS) is 20.5. The summed E-state index contributed by atoms with van der Waals surface area (Å²) in [5.74, 6) is -0.0361. The molecule has 140 valence electrons. The second kappa shape index (κ2) is 9.01. The van der Waals surface area contributed by atoms with Gasteiger partial charge in [0.25, 0.3) is 5.91 Å². The van der Waals surface area contributed by atoms with Crippen LogP contribution in [0.2, 0.25) is 5.02 Å². The number of carbonyl (C=O) groups excluding carboxylic acids is 1. The van der Waals surface area contributed by atoms with Gasteiger partial charge in [-0.1, -0.05) is 35.9 Å². The zero-order chi connectivity index (χ0) is 19.2. The van der Waals surface area contributed by atoms with Gasteiger partial charge >= 0.3 is 0 Å². The number of nitriles is 1. The molecular weight excluding hydrogens is 360 g/mol. The van der Waals surface area contributed by atoms with E-state index in [1.54, 1.807) is 18.2 Å². The maximum absolute atomic E-state index is 12.6. The third kappa shape index (κ3) is 5.08. The molecule has 0 aromatic heterocycles. The molecule has 3 rings (SSSR count). The van der Waals surface area contributed by atoms with Gasteiger partial charge in [0.05, 0.1) is 11.3 Å².